The Morgan fingerprint density at radius 1 is 1.23 bits per heavy atom. The second kappa shape index (κ2) is 7.27. The number of fused-ring (bicyclic) bond motifs is 2. The first-order chi connectivity index (χ1) is 14.3. The Morgan fingerprint density at radius 2 is 1.90 bits per heavy atom. The molecule has 1 aromatic carbocycles. The molecule has 0 saturated heterocycles. The fourth-order valence-electron chi connectivity index (χ4n) is 6.16. The van der Waals surface area contributed by atoms with E-state index < -0.39 is 11.4 Å². The first-order valence-electron chi connectivity index (χ1n) is 11.0. The van der Waals surface area contributed by atoms with Crippen molar-refractivity contribution in [3.05, 3.63) is 39.6 Å². The van der Waals surface area contributed by atoms with Crippen molar-refractivity contribution in [3.63, 3.8) is 0 Å². The van der Waals surface area contributed by atoms with E-state index in [1.54, 1.807) is 0 Å². The van der Waals surface area contributed by atoms with E-state index in [0.717, 1.165) is 80.4 Å². The molecule has 4 nitrogen and oxygen atoms in total. The fraction of sp³-hybridized carbons (Fsp3) is 0.583. The Labute approximate surface area is 186 Å². The lowest BCUT2D eigenvalue weighted by molar-refractivity contribution is -0.148. The third kappa shape index (κ3) is 3.36. The molecule has 3 saturated carbocycles. The van der Waals surface area contributed by atoms with Gasteiger partial charge in [0.1, 0.15) is 11.5 Å². The van der Waals surface area contributed by atoms with Crippen molar-refractivity contribution in [1.29, 1.82) is 0 Å². The predicted octanol–water partition coefficient (Wildman–Crippen LogP) is 7.13. The van der Waals surface area contributed by atoms with Gasteiger partial charge in [-0.25, -0.2) is 0 Å². The van der Waals surface area contributed by atoms with Crippen LogP contribution in [0.1, 0.15) is 75.5 Å². The number of halogens is 2. The average Bonchev–Trinajstić information content (AvgIpc) is 3.21. The van der Waals surface area contributed by atoms with Crippen molar-refractivity contribution in [1.82, 2.24) is 5.16 Å². The second-order valence-corrected chi connectivity index (χ2v) is 10.8. The van der Waals surface area contributed by atoms with Gasteiger partial charge in [0.25, 0.3) is 0 Å². The summed E-state index contributed by atoms with van der Waals surface area (Å²) in [7, 11) is 0. The number of carboxylic acid groups (broad SMARTS) is 1. The molecule has 2 aromatic rings. The molecule has 0 amide bonds. The molecular weight excluding hydrogens is 421 g/mol. The molecule has 5 rings (SSSR count). The molecule has 3 aliphatic carbocycles. The summed E-state index contributed by atoms with van der Waals surface area (Å²) in [4.78, 5) is 11.8. The van der Waals surface area contributed by atoms with E-state index in [1.165, 1.54) is 0 Å². The molecule has 1 heterocycles. The summed E-state index contributed by atoms with van der Waals surface area (Å²) in [6.45, 7) is 2.27. The van der Waals surface area contributed by atoms with Crippen LogP contribution in [0.4, 0.5) is 0 Å². The second-order valence-electron chi connectivity index (χ2n) is 10.0. The van der Waals surface area contributed by atoms with Gasteiger partial charge in [-0.2, -0.15) is 0 Å². The summed E-state index contributed by atoms with van der Waals surface area (Å²) < 4.78 is 5.82. The van der Waals surface area contributed by atoms with Crippen LogP contribution in [0, 0.1) is 16.7 Å². The average molecular weight is 448 g/mol. The van der Waals surface area contributed by atoms with Gasteiger partial charge in [0, 0.05) is 17.0 Å². The summed E-state index contributed by atoms with van der Waals surface area (Å²) in [5, 5.41) is 15.3. The zero-order valence-electron chi connectivity index (χ0n) is 17.2. The third-order valence-electron chi connectivity index (χ3n) is 7.74. The summed E-state index contributed by atoms with van der Waals surface area (Å²) in [5.74, 6) is 1.25. The van der Waals surface area contributed by atoms with Crippen molar-refractivity contribution in [3.8, 4) is 11.3 Å². The number of carbonyl (C=O) groups is 1. The van der Waals surface area contributed by atoms with Crippen LogP contribution in [0.3, 0.4) is 0 Å². The maximum atomic E-state index is 11.8. The van der Waals surface area contributed by atoms with Gasteiger partial charge in [-0.1, -0.05) is 41.3 Å². The smallest absolute Gasteiger partial charge is 0.309 e. The van der Waals surface area contributed by atoms with E-state index in [2.05, 4.69) is 12.1 Å². The Kier molecular flexibility index (Phi) is 4.94. The Hall–Kier alpha value is -1.52. The predicted molar refractivity (Wildman–Crippen MR) is 117 cm³/mol. The Morgan fingerprint density at radius 3 is 2.47 bits per heavy atom. The van der Waals surface area contributed by atoms with Gasteiger partial charge >= 0.3 is 5.97 Å². The molecule has 0 spiro atoms. The van der Waals surface area contributed by atoms with E-state index in [4.69, 9.17) is 27.7 Å². The molecule has 0 aliphatic heterocycles. The number of carboxylic acids is 1. The summed E-state index contributed by atoms with van der Waals surface area (Å²) in [5.41, 5.74) is 2.37. The zero-order valence-corrected chi connectivity index (χ0v) is 18.7. The summed E-state index contributed by atoms with van der Waals surface area (Å²) >= 11 is 13.0. The zero-order chi connectivity index (χ0) is 21.1. The third-order valence-corrected chi connectivity index (χ3v) is 8.37. The molecule has 0 radical (unpaired) electrons. The molecule has 1 N–H and O–H groups in total. The van der Waals surface area contributed by atoms with E-state index in [-0.39, 0.29) is 5.41 Å². The van der Waals surface area contributed by atoms with Crippen LogP contribution < -0.4 is 0 Å². The van der Waals surface area contributed by atoms with Gasteiger partial charge in [0.15, 0.2) is 0 Å². The highest BCUT2D eigenvalue weighted by Gasteiger charge is 2.58. The van der Waals surface area contributed by atoms with Crippen molar-refractivity contribution >= 4 is 29.2 Å². The number of benzene rings is 1. The largest absolute Gasteiger partial charge is 0.481 e. The fourth-order valence-corrected chi connectivity index (χ4v) is 6.74. The molecule has 30 heavy (non-hydrogen) atoms. The highest BCUT2D eigenvalue weighted by molar-refractivity contribution is 6.39. The van der Waals surface area contributed by atoms with Crippen molar-refractivity contribution < 1.29 is 14.4 Å². The maximum Gasteiger partial charge on any atom is 0.309 e. The van der Waals surface area contributed by atoms with Gasteiger partial charge in [-0.05, 0) is 81.3 Å². The molecule has 2 bridgehead atoms. The standard InChI is InChI=1S/C24H27Cl2NO3/c1-14(12-23-7-9-24(13-23,10-8-23)22(28)29)11-16-20(27-30-21(16)15-5-6-15)19-17(25)3-2-4-18(19)26/h2-4,14-15H,5-13H2,1H3,(H,28,29). The lowest BCUT2D eigenvalue weighted by Crippen LogP contribution is -2.25. The molecule has 160 valence electrons. The Balaban J connectivity index is 1.41. The number of hydrogen-bond donors (Lipinski definition) is 1. The Bertz CT molecular complexity index is 966. The van der Waals surface area contributed by atoms with Gasteiger partial charge in [-0.3, -0.25) is 4.79 Å². The highest BCUT2D eigenvalue weighted by atomic mass is 35.5. The van der Waals surface area contributed by atoms with Crippen LogP contribution in [0.2, 0.25) is 10.0 Å². The van der Waals surface area contributed by atoms with E-state index in [0.29, 0.717) is 21.9 Å². The van der Waals surface area contributed by atoms with Crippen LogP contribution in [-0.2, 0) is 11.2 Å². The van der Waals surface area contributed by atoms with Crippen LogP contribution >= 0.6 is 23.2 Å². The molecule has 1 unspecified atom stereocenters. The highest BCUT2D eigenvalue weighted by Crippen LogP contribution is 2.64. The molecule has 1 aromatic heterocycles. The number of hydrogen-bond acceptors (Lipinski definition) is 3. The monoisotopic (exact) mass is 447 g/mol. The van der Waals surface area contributed by atoms with E-state index in [9.17, 15) is 9.90 Å². The molecule has 3 aliphatic rings. The molecule has 6 heteroatoms. The first kappa shape index (κ1) is 20.4. The van der Waals surface area contributed by atoms with Gasteiger partial charge in [-0.15, -0.1) is 0 Å². The van der Waals surface area contributed by atoms with Crippen molar-refractivity contribution in [2.24, 2.45) is 16.7 Å². The summed E-state index contributed by atoms with van der Waals surface area (Å²) in [6.07, 6.45) is 8.74. The van der Waals surface area contributed by atoms with Crippen LogP contribution in [0.25, 0.3) is 11.3 Å². The van der Waals surface area contributed by atoms with E-state index >= 15 is 0 Å². The van der Waals surface area contributed by atoms with Crippen molar-refractivity contribution in [2.45, 2.75) is 70.6 Å². The quantitative estimate of drug-likeness (QED) is 0.489. The molecule has 1 atom stereocenters. The minimum Gasteiger partial charge on any atom is -0.481 e. The SMILES string of the molecule is CC(Cc1c(-c2c(Cl)cccc2Cl)noc1C1CC1)CC12CCC(C(=O)O)(CC1)C2. The van der Waals surface area contributed by atoms with Gasteiger partial charge < -0.3 is 9.63 Å². The normalized spacial score (nSPS) is 28.8. The van der Waals surface area contributed by atoms with Gasteiger partial charge in [0.2, 0.25) is 0 Å². The number of rotatable bonds is 7. The number of aromatic nitrogens is 1. The number of nitrogens with zero attached hydrogens (tertiary/aromatic N) is 1. The lowest BCUT2D eigenvalue weighted by atomic mass is 9.75. The molecule has 3 fully saturated rings. The minimum atomic E-state index is -0.597. The lowest BCUT2D eigenvalue weighted by Gasteiger charge is -2.30. The minimum absolute atomic E-state index is 0.177. The number of aliphatic carboxylic acids is 1. The topological polar surface area (TPSA) is 63.3 Å². The van der Waals surface area contributed by atoms with Crippen LogP contribution in [0.15, 0.2) is 22.7 Å². The summed E-state index contributed by atoms with van der Waals surface area (Å²) in [6, 6.07) is 5.51. The van der Waals surface area contributed by atoms with Crippen molar-refractivity contribution in [2.75, 3.05) is 0 Å². The maximum absolute atomic E-state index is 11.8. The van der Waals surface area contributed by atoms with E-state index in [1.807, 2.05) is 18.2 Å². The van der Waals surface area contributed by atoms with Gasteiger partial charge in [0.05, 0.1) is 15.5 Å². The van der Waals surface area contributed by atoms with Crippen LogP contribution in [0.5, 0.6) is 0 Å². The first-order valence-corrected chi connectivity index (χ1v) is 11.7. The van der Waals surface area contributed by atoms with Crippen LogP contribution in [-0.4, -0.2) is 16.2 Å². The molecular formula is C24H27Cl2NO3.